The smallest absolute Gasteiger partial charge is 0.245 e. The van der Waals surface area contributed by atoms with Gasteiger partial charge in [-0.2, -0.15) is 4.98 Å². The Balaban J connectivity index is 1.96. The number of aryl methyl sites for hydroxylation is 1. The molecule has 0 aliphatic carbocycles. The third kappa shape index (κ3) is 3.32. The predicted molar refractivity (Wildman–Crippen MR) is 69.1 cm³/mol. The normalized spacial score (nSPS) is 12.6. The van der Waals surface area contributed by atoms with Crippen LogP contribution < -0.4 is 5.73 Å². The topological polar surface area (TPSA) is 85.2 Å². The van der Waals surface area contributed by atoms with Crippen LogP contribution in [0.25, 0.3) is 0 Å². The molecule has 1 heterocycles. The van der Waals surface area contributed by atoms with Gasteiger partial charge >= 0.3 is 0 Å². The summed E-state index contributed by atoms with van der Waals surface area (Å²) in [6.45, 7) is 1.85. The highest BCUT2D eigenvalue weighted by Crippen LogP contribution is 2.22. The van der Waals surface area contributed by atoms with Crippen LogP contribution in [0, 0.1) is 6.92 Å². The monoisotopic (exact) mass is 265 g/mol. The summed E-state index contributed by atoms with van der Waals surface area (Å²) < 4.78 is 4.97. The Hall–Kier alpha value is -1.37. The lowest BCUT2D eigenvalue weighted by Gasteiger charge is -2.00. The van der Waals surface area contributed by atoms with E-state index in [4.69, 9.17) is 15.4 Å². The molecule has 1 atom stereocenters. The number of rotatable bonds is 5. The minimum absolute atomic E-state index is 0.202. The van der Waals surface area contributed by atoms with Gasteiger partial charge in [0.1, 0.15) is 6.04 Å². The van der Waals surface area contributed by atoms with Gasteiger partial charge in [-0.25, -0.2) is 0 Å². The molecule has 0 aliphatic rings. The molecule has 6 heteroatoms. The van der Waals surface area contributed by atoms with Crippen molar-refractivity contribution in [1.29, 1.82) is 0 Å². The van der Waals surface area contributed by atoms with Crippen molar-refractivity contribution in [3.63, 3.8) is 0 Å². The molecule has 0 spiro atoms. The molecular weight excluding hydrogens is 250 g/mol. The number of aliphatic hydroxyl groups excluding tert-OH is 1. The number of nitrogens with zero attached hydrogens (tertiary/aromatic N) is 2. The van der Waals surface area contributed by atoms with Gasteiger partial charge in [-0.3, -0.25) is 0 Å². The van der Waals surface area contributed by atoms with Crippen molar-refractivity contribution in [2.75, 3.05) is 6.61 Å². The molecule has 5 nitrogen and oxygen atoms in total. The fourth-order valence-electron chi connectivity index (χ4n) is 1.41. The Kier molecular flexibility index (Phi) is 4.35. The van der Waals surface area contributed by atoms with Crippen molar-refractivity contribution in [2.45, 2.75) is 23.6 Å². The molecule has 96 valence electrons. The third-order valence-corrected chi connectivity index (χ3v) is 3.34. The summed E-state index contributed by atoms with van der Waals surface area (Å²) >= 11 is 1.63. The maximum absolute atomic E-state index is 8.88. The Morgan fingerprint density at radius 2 is 2.33 bits per heavy atom. The van der Waals surface area contributed by atoms with Crippen LogP contribution in [0.15, 0.2) is 33.7 Å². The average molecular weight is 265 g/mol. The van der Waals surface area contributed by atoms with Gasteiger partial charge < -0.3 is 15.4 Å². The van der Waals surface area contributed by atoms with Gasteiger partial charge in [0.25, 0.3) is 0 Å². The Labute approximate surface area is 109 Å². The van der Waals surface area contributed by atoms with E-state index in [2.05, 4.69) is 29.2 Å². The first-order valence-corrected chi connectivity index (χ1v) is 6.56. The molecule has 2 aromatic rings. The lowest BCUT2D eigenvalue weighted by molar-refractivity contribution is 0.236. The SMILES string of the molecule is Cc1cccc(SCc2noc(C(N)CO)n2)c1. The van der Waals surface area contributed by atoms with Crippen LogP contribution in [0.5, 0.6) is 0 Å². The summed E-state index contributed by atoms with van der Waals surface area (Å²) in [7, 11) is 0. The second-order valence-corrected chi connectivity index (χ2v) is 4.99. The summed E-state index contributed by atoms with van der Waals surface area (Å²) in [5.41, 5.74) is 6.80. The Morgan fingerprint density at radius 3 is 3.06 bits per heavy atom. The van der Waals surface area contributed by atoms with Crippen LogP contribution in [0.2, 0.25) is 0 Å². The number of thioether (sulfide) groups is 1. The highest BCUT2D eigenvalue weighted by molar-refractivity contribution is 7.98. The molecule has 0 radical (unpaired) electrons. The van der Waals surface area contributed by atoms with Crippen molar-refractivity contribution in [3.8, 4) is 0 Å². The molecule has 0 aliphatic heterocycles. The van der Waals surface area contributed by atoms with Crippen LogP contribution in [-0.2, 0) is 5.75 Å². The summed E-state index contributed by atoms with van der Waals surface area (Å²) in [6, 6.07) is 7.61. The van der Waals surface area contributed by atoms with Gasteiger partial charge in [0.05, 0.1) is 12.4 Å². The number of hydrogen-bond donors (Lipinski definition) is 2. The van der Waals surface area contributed by atoms with Gasteiger partial charge in [-0.15, -0.1) is 11.8 Å². The molecule has 0 saturated heterocycles. The van der Waals surface area contributed by atoms with E-state index in [1.54, 1.807) is 11.8 Å². The molecule has 2 rings (SSSR count). The van der Waals surface area contributed by atoms with Crippen LogP contribution in [0.3, 0.4) is 0 Å². The Morgan fingerprint density at radius 1 is 1.50 bits per heavy atom. The lowest BCUT2D eigenvalue weighted by Crippen LogP contribution is -2.14. The van der Waals surface area contributed by atoms with Gasteiger partial charge in [-0.1, -0.05) is 22.9 Å². The van der Waals surface area contributed by atoms with Crippen molar-refractivity contribution in [1.82, 2.24) is 10.1 Å². The Bertz CT molecular complexity index is 516. The fraction of sp³-hybridized carbons (Fsp3) is 0.333. The standard InChI is InChI=1S/C12H15N3O2S/c1-8-3-2-4-9(5-8)18-7-11-14-12(17-15-11)10(13)6-16/h2-5,10,16H,6-7,13H2,1H3. The molecular formula is C12H15N3O2S. The minimum atomic E-state index is -0.602. The summed E-state index contributed by atoms with van der Waals surface area (Å²) in [4.78, 5) is 5.29. The molecule has 0 bridgehead atoms. The first kappa shape index (κ1) is 13.1. The summed E-state index contributed by atoms with van der Waals surface area (Å²) in [5, 5.41) is 12.7. The highest BCUT2D eigenvalue weighted by atomic mass is 32.2. The average Bonchev–Trinajstić information content (AvgIpc) is 2.84. The zero-order chi connectivity index (χ0) is 13.0. The van der Waals surface area contributed by atoms with Crippen molar-refractivity contribution in [3.05, 3.63) is 41.5 Å². The van der Waals surface area contributed by atoms with E-state index in [9.17, 15) is 0 Å². The van der Waals surface area contributed by atoms with Gasteiger partial charge in [0, 0.05) is 4.90 Å². The number of hydrogen-bond acceptors (Lipinski definition) is 6. The van der Waals surface area contributed by atoms with Crippen molar-refractivity contribution in [2.24, 2.45) is 5.73 Å². The first-order chi connectivity index (χ1) is 8.69. The van der Waals surface area contributed by atoms with E-state index in [1.807, 2.05) is 12.1 Å². The second-order valence-electron chi connectivity index (χ2n) is 3.94. The van der Waals surface area contributed by atoms with E-state index in [0.717, 1.165) is 4.90 Å². The maximum Gasteiger partial charge on any atom is 0.245 e. The van der Waals surface area contributed by atoms with E-state index in [0.29, 0.717) is 11.6 Å². The van der Waals surface area contributed by atoms with Crippen LogP contribution in [0.1, 0.15) is 23.3 Å². The van der Waals surface area contributed by atoms with Crippen LogP contribution >= 0.6 is 11.8 Å². The van der Waals surface area contributed by atoms with Crippen molar-refractivity contribution < 1.29 is 9.63 Å². The molecule has 1 unspecified atom stereocenters. The largest absolute Gasteiger partial charge is 0.394 e. The lowest BCUT2D eigenvalue weighted by atomic mass is 10.2. The molecule has 1 aromatic heterocycles. The van der Waals surface area contributed by atoms with Gasteiger partial charge in [0.15, 0.2) is 5.82 Å². The number of benzene rings is 1. The molecule has 18 heavy (non-hydrogen) atoms. The molecule has 1 aromatic carbocycles. The molecule has 3 N–H and O–H groups in total. The zero-order valence-electron chi connectivity index (χ0n) is 10.0. The maximum atomic E-state index is 8.88. The molecule has 0 fully saturated rings. The van der Waals surface area contributed by atoms with E-state index in [-0.39, 0.29) is 12.5 Å². The zero-order valence-corrected chi connectivity index (χ0v) is 10.9. The first-order valence-electron chi connectivity index (χ1n) is 5.57. The van der Waals surface area contributed by atoms with Crippen molar-refractivity contribution >= 4 is 11.8 Å². The van der Waals surface area contributed by atoms with E-state index >= 15 is 0 Å². The summed E-state index contributed by atoms with van der Waals surface area (Å²) in [6.07, 6.45) is 0. The van der Waals surface area contributed by atoms with E-state index in [1.165, 1.54) is 5.56 Å². The number of aromatic nitrogens is 2. The molecule has 0 amide bonds. The fourth-order valence-corrected chi connectivity index (χ4v) is 2.26. The number of aliphatic hydroxyl groups is 1. The van der Waals surface area contributed by atoms with Crippen LogP contribution in [-0.4, -0.2) is 21.9 Å². The van der Waals surface area contributed by atoms with Gasteiger partial charge in [-0.05, 0) is 19.1 Å². The quantitative estimate of drug-likeness (QED) is 0.800. The van der Waals surface area contributed by atoms with E-state index < -0.39 is 6.04 Å². The van der Waals surface area contributed by atoms with Crippen LogP contribution in [0.4, 0.5) is 0 Å². The highest BCUT2D eigenvalue weighted by Gasteiger charge is 2.13. The predicted octanol–water partition coefficient (Wildman–Crippen LogP) is 1.66. The van der Waals surface area contributed by atoms with Gasteiger partial charge in [0.2, 0.25) is 5.89 Å². The number of nitrogens with two attached hydrogens (primary N) is 1. The third-order valence-electron chi connectivity index (χ3n) is 2.36. The molecule has 0 saturated carbocycles. The summed E-state index contributed by atoms with van der Waals surface area (Å²) in [5.74, 6) is 1.48. The minimum Gasteiger partial charge on any atom is -0.394 e. The second kappa shape index (κ2) is 5.99.